The molecule has 0 radical (unpaired) electrons. The molecule has 0 aromatic carbocycles. The minimum absolute atomic E-state index is 0.161. The number of hydrogen-bond donors (Lipinski definition) is 1. The van der Waals surface area contributed by atoms with E-state index in [0.29, 0.717) is 23.0 Å². The number of rotatable bonds is 2. The molecule has 0 spiro atoms. The van der Waals surface area contributed by atoms with E-state index in [1.165, 1.54) is 23.1 Å². The lowest BCUT2D eigenvalue weighted by atomic mass is 10.2. The summed E-state index contributed by atoms with van der Waals surface area (Å²) < 4.78 is 29.5. The van der Waals surface area contributed by atoms with Crippen LogP contribution >= 0.6 is 11.3 Å². The maximum absolute atomic E-state index is 12.7. The average molecular weight is 311 g/mol. The van der Waals surface area contributed by atoms with Crippen molar-refractivity contribution in [1.29, 1.82) is 0 Å². The summed E-state index contributed by atoms with van der Waals surface area (Å²) in [5.41, 5.74) is 8.35. The zero-order chi connectivity index (χ0) is 14.5. The maximum atomic E-state index is 12.7. The molecule has 0 aliphatic carbocycles. The van der Waals surface area contributed by atoms with Crippen LogP contribution in [0.1, 0.15) is 24.4 Å². The van der Waals surface area contributed by atoms with Crippen molar-refractivity contribution >= 4 is 27.0 Å². The molecule has 3 rings (SSSR count). The molecule has 1 atom stereocenters. The third kappa shape index (κ3) is 1.97. The highest BCUT2D eigenvalue weighted by Gasteiger charge is 2.35. The molecule has 0 bridgehead atoms. The largest absolute Gasteiger partial charge is 0.398 e. The van der Waals surface area contributed by atoms with E-state index in [1.54, 1.807) is 9.69 Å². The molecule has 20 heavy (non-hydrogen) atoms. The fraction of sp³-hybridized carbons (Fsp3) is 0.385. The van der Waals surface area contributed by atoms with E-state index >= 15 is 0 Å². The summed E-state index contributed by atoms with van der Waals surface area (Å²) in [6, 6.07) is 5.41. The summed E-state index contributed by atoms with van der Waals surface area (Å²) >= 11 is 1.18. The second-order valence-corrected chi connectivity index (χ2v) is 8.07. The van der Waals surface area contributed by atoms with Gasteiger partial charge in [-0.05, 0) is 32.0 Å². The molecule has 3 heterocycles. The van der Waals surface area contributed by atoms with Crippen LogP contribution in [0.5, 0.6) is 0 Å². The monoisotopic (exact) mass is 311 g/mol. The Bertz CT molecular complexity index is 746. The Morgan fingerprint density at radius 3 is 2.75 bits per heavy atom. The van der Waals surface area contributed by atoms with Crippen molar-refractivity contribution in [2.45, 2.75) is 30.6 Å². The summed E-state index contributed by atoms with van der Waals surface area (Å²) in [5.74, 6) is 0. The van der Waals surface area contributed by atoms with Crippen LogP contribution in [0.25, 0.3) is 0 Å². The Hall–Kier alpha value is -1.31. The van der Waals surface area contributed by atoms with E-state index in [0.717, 1.165) is 5.69 Å². The predicted molar refractivity (Wildman–Crippen MR) is 80.2 cm³/mol. The standard InChI is InChI=1S/C13H17N3O2S2/c1-9-3-4-12-10(2)16(6-5-15(9)12)20(17,18)13-7-11(14)8-19-13/h3-4,7-8,10H,5-6,14H2,1-2H3. The van der Waals surface area contributed by atoms with E-state index in [2.05, 4.69) is 4.57 Å². The molecule has 0 saturated carbocycles. The Balaban J connectivity index is 2.00. The van der Waals surface area contributed by atoms with Crippen LogP contribution in [-0.4, -0.2) is 23.8 Å². The molecule has 108 valence electrons. The first-order chi connectivity index (χ1) is 9.41. The number of sulfonamides is 1. The van der Waals surface area contributed by atoms with Gasteiger partial charge in [0.25, 0.3) is 10.0 Å². The van der Waals surface area contributed by atoms with Gasteiger partial charge in [-0.3, -0.25) is 0 Å². The van der Waals surface area contributed by atoms with Crippen molar-refractivity contribution < 1.29 is 8.42 Å². The van der Waals surface area contributed by atoms with Crippen molar-refractivity contribution in [3.63, 3.8) is 0 Å². The number of nitrogen functional groups attached to an aromatic ring is 1. The second kappa shape index (κ2) is 4.61. The number of hydrogen-bond acceptors (Lipinski definition) is 4. The van der Waals surface area contributed by atoms with Gasteiger partial charge in [0.15, 0.2) is 0 Å². The van der Waals surface area contributed by atoms with Gasteiger partial charge < -0.3 is 10.3 Å². The number of aromatic nitrogens is 1. The molecular weight excluding hydrogens is 294 g/mol. The van der Waals surface area contributed by atoms with Crippen molar-refractivity contribution in [1.82, 2.24) is 8.87 Å². The number of fused-ring (bicyclic) bond motifs is 1. The Morgan fingerprint density at radius 2 is 2.10 bits per heavy atom. The fourth-order valence-corrected chi connectivity index (χ4v) is 5.51. The minimum Gasteiger partial charge on any atom is -0.398 e. The molecule has 2 aromatic heterocycles. The summed E-state index contributed by atoms with van der Waals surface area (Å²) in [4.78, 5) is 0. The van der Waals surface area contributed by atoms with Crippen LogP contribution in [0.3, 0.4) is 0 Å². The third-order valence-corrected chi connectivity index (χ3v) is 7.20. The van der Waals surface area contributed by atoms with Crippen molar-refractivity contribution in [2.24, 2.45) is 0 Å². The van der Waals surface area contributed by atoms with Gasteiger partial charge in [-0.15, -0.1) is 11.3 Å². The summed E-state index contributed by atoms with van der Waals surface area (Å²) in [5, 5.41) is 1.66. The van der Waals surface area contributed by atoms with Gasteiger partial charge in [0.1, 0.15) is 4.21 Å². The van der Waals surface area contributed by atoms with E-state index in [-0.39, 0.29) is 6.04 Å². The molecule has 0 amide bonds. The molecule has 7 heteroatoms. The van der Waals surface area contributed by atoms with Crippen LogP contribution in [-0.2, 0) is 16.6 Å². The van der Waals surface area contributed by atoms with E-state index in [4.69, 9.17) is 5.73 Å². The molecule has 2 aromatic rings. The number of anilines is 1. The minimum atomic E-state index is -3.47. The highest BCUT2D eigenvalue weighted by atomic mass is 32.2. The summed E-state index contributed by atoms with van der Waals surface area (Å²) in [6.07, 6.45) is 0. The number of aryl methyl sites for hydroxylation is 1. The van der Waals surface area contributed by atoms with Crippen molar-refractivity contribution in [3.8, 4) is 0 Å². The van der Waals surface area contributed by atoms with Gasteiger partial charge in [-0.1, -0.05) is 0 Å². The average Bonchev–Trinajstić information content (AvgIpc) is 2.98. The van der Waals surface area contributed by atoms with Crippen molar-refractivity contribution in [2.75, 3.05) is 12.3 Å². The molecule has 0 saturated heterocycles. The van der Waals surface area contributed by atoms with Gasteiger partial charge >= 0.3 is 0 Å². The van der Waals surface area contributed by atoms with Crippen LogP contribution in [0.2, 0.25) is 0 Å². The summed E-state index contributed by atoms with van der Waals surface area (Å²) in [6.45, 7) is 5.15. The quantitative estimate of drug-likeness (QED) is 0.924. The first-order valence-corrected chi connectivity index (χ1v) is 8.75. The Labute approximate surface area is 122 Å². The Morgan fingerprint density at radius 1 is 1.35 bits per heavy atom. The lowest BCUT2D eigenvalue weighted by Crippen LogP contribution is -2.40. The molecule has 1 unspecified atom stereocenters. The van der Waals surface area contributed by atoms with Gasteiger partial charge in [-0.2, -0.15) is 4.31 Å². The molecule has 2 N–H and O–H groups in total. The zero-order valence-electron chi connectivity index (χ0n) is 11.4. The molecule has 1 aliphatic rings. The second-order valence-electron chi connectivity index (χ2n) is 5.04. The zero-order valence-corrected chi connectivity index (χ0v) is 13.0. The van der Waals surface area contributed by atoms with Gasteiger partial charge in [0, 0.05) is 35.5 Å². The molecule has 5 nitrogen and oxygen atoms in total. The molecule has 0 fully saturated rings. The first-order valence-electron chi connectivity index (χ1n) is 6.43. The first kappa shape index (κ1) is 13.7. The van der Waals surface area contributed by atoms with Crippen LogP contribution < -0.4 is 5.73 Å². The highest BCUT2D eigenvalue weighted by Crippen LogP contribution is 2.34. The van der Waals surface area contributed by atoms with E-state index in [9.17, 15) is 8.42 Å². The lowest BCUT2D eigenvalue weighted by molar-refractivity contribution is 0.281. The summed E-state index contributed by atoms with van der Waals surface area (Å²) in [7, 11) is -3.47. The van der Waals surface area contributed by atoms with Crippen molar-refractivity contribution in [3.05, 3.63) is 35.0 Å². The highest BCUT2D eigenvalue weighted by molar-refractivity contribution is 7.91. The van der Waals surface area contributed by atoms with Gasteiger partial charge in [0.2, 0.25) is 0 Å². The van der Waals surface area contributed by atoms with Crippen LogP contribution in [0.15, 0.2) is 27.8 Å². The predicted octanol–water partition coefficient (Wildman–Crippen LogP) is 2.21. The van der Waals surface area contributed by atoms with Crippen LogP contribution in [0, 0.1) is 6.92 Å². The topological polar surface area (TPSA) is 68.3 Å². The smallest absolute Gasteiger partial charge is 0.253 e. The van der Waals surface area contributed by atoms with Gasteiger partial charge in [-0.25, -0.2) is 8.42 Å². The van der Waals surface area contributed by atoms with E-state index in [1.807, 2.05) is 26.0 Å². The number of thiophene rings is 1. The Kier molecular flexibility index (Phi) is 3.15. The van der Waals surface area contributed by atoms with Crippen LogP contribution in [0.4, 0.5) is 5.69 Å². The normalized spacial score (nSPS) is 20.0. The SMILES string of the molecule is Cc1ccc2n1CCN(S(=O)(=O)c1cc(N)cs1)C2C. The number of nitrogens with zero attached hydrogens (tertiary/aromatic N) is 2. The molecule has 1 aliphatic heterocycles. The lowest BCUT2D eigenvalue weighted by Gasteiger charge is -2.34. The molecular formula is C13H17N3O2S2. The van der Waals surface area contributed by atoms with E-state index < -0.39 is 10.0 Å². The third-order valence-electron chi connectivity index (χ3n) is 3.80. The van der Waals surface area contributed by atoms with Gasteiger partial charge in [0.05, 0.1) is 6.04 Å². The number of nitrogens with two attached hydrogens (primary N) is 1. The maximum Gasteiger partial charge on any atom is 0.253 e. The fourth-order valence-electron chi connectivity index (χ4n) is 2.71.